The summed E-state index contributed by atoms with van der Waals surface area (Å²) in [6.07, 6.45) is 3.27. The molecule has 1 N–H and O–H groups in total. The molecule has 0 amide bonds. The predicted octanol–water partition coefficient (Wildman–Crippen LogP) is 2.85. The smallest absolute Gasteiger partial charge is 0.302 e. The number of carbonyl (C=O) groups is 3. The predicted molar refractivity (Wildman–Crippen MR) is 98.6 cm³/mol. The summed E-state index contributed by atoms with van der Waals surface area (Å²) in [5.41, 5.74) is -0.696. The average Bonchev–Trinajstić information content (AvgIpc) is 2.73. The van der Waals surface area contributed by atoms with Gasteiger partial charge in [0.25, 0.3) is 0 Å². The highest BCUT2D eigenvalue weighted by molar-refractivity contribution is 6.13. The van der Waals surface area contributed by atoms with E-state index in [1.807, 2.05) is 13.0 Å². The molecule has 7 atom stereocenters. The van der Waals surface area contributed by atoms with Gasteiger partial charge in [-0.25, -0.2) is 0 Å². The zero-order valence-electron chi connectivity index (χ0n) is 16.9. The second-order valence-electron chi connectivity index (χ2n) is 10.1. The summed E-state index contributed by atoms with van der Waals surface area (Å²) >= 11 is 0. The third kappa shape index (κ3) is 2.18. The van der Waals surface area contributed by atoms with E-state index in [0.29, 0.717) is 12.8 Å². The Morgan fingerprint density at radius 2 is 1.89 bits per heavy atom. The van der Waals surface area contributed by atoms with E-state index in [2.05, 4.69) is 20.8 Å². The maximum atomic E-state index is 13.3. The van der Waals surface area contributed by atoms with Crippen molar-refractivity contribution < 1.29 is 24.2 Å². The summed E-state index contributed by atoms with van der Waals surface area (Å²) in [6, 6.07) is 0. The van der Waals surface area contributed by atoms with Crippen LogP contribution in [0.2, 0.25) is 0 Å². The SMILES string of the molecule is CC(=O)OC1CCC2(C)C(CC(O)C34C=C(C)C(C(=O)CC23)C4=O)C1(C)C. The van der Waals surface area contributed by atoms with Gasteiger partial charge in [-0.15, -0.1) is 0 Å². The van der Waals surface area contributed by atoms with Crippen LogP contribution in [0.15, 0.2) is 11.6 Å². The molecule has 5 heteroatoms. The Morgan fingerprint density at radius 3 is 2.52 bits per heavy atom. The molecule has 0 radical (unpaired) electrons. The van der Waals surface area contributed by atoms with Crippen molar-refractivity contribution in [2.45, 2.75) is 72.5 Å². The third-order valence-electron chi connectivity index (χ3n) is 8.50. The van der Waals surface area contributed by atoms with Crippen molar-refractivity contribution in [3.8, 4) is 0 Å². The monoisotopic (exact) mass is 374 g/mol. The minimum Gasteiger partial charge on any atom is -0.462 e. The molecule has 3 saturated carbocycles. The summed E-state index contributed by atoms with van der Waals surface area (Å²) < 4.78 is 5.62. The van der Waals surface area contributed by atoms with Crippen LogP contribution in [0.3, 0.4) is 0 Å². The Kier molecular flexibility index (Phi) is 3.86. The molecule has 0 heterocycles. The molecule has 0 aromatic carbocycles. The molecule has 4 aliphatic carbocycles. The minimum atomic E-state index is -0.918. The number of Topliss-reactive ketones (excluding diaryl/α,β-unsaturated/α-hetero) is 2. The molecular formula is C22H30O5. The molecule has 148 valence electrons. The lowest BCUT2D eigenvalue weighted by atomic mass is 9.39. The zero-order chi connectivity index (χ0) is 19.9. The minimum absolute atomic E-state index is 0.000801. The third-order valence-corrected chi connectivity index (χ3v) is 8.50. The topological polar surface area (TPSA) is 80.7 Å². The molecule has 7 unspecified atom stereocenters. The Hall–Kier alpha value is -1.49. The fourth-order valence-corrected chi connectivity index (χ4v) is 7.30. The summed E-state index contributed by atoms with van der Waals surface area (Å²) in [6.45, 7) is 9.65. The van der Waals surface area contributed by atoms with Gasteiger partial charge < -0.3 is 9.84 Å². The lowest BCUT2D eigenvalue weighted by molar-refractivity contribution is -0.213. The molecule has 27 heavy (non-hydrogen) atoms. The molecule has 4 aliphatic rings. The number of aliphatic hydroxyl groups is 1. The largest absolute Gasteiger partial charge is 0.462 e. The van der Waals surface area contributed by atoms with E-state index in [0.717, 1.165) is 18.4 Å². The fourth-order valence-electron chi connectivity index (χ4n) is 7.30. The van der Waals surface area contributed by atoms with Gasteiger partial charge in [-0.05, 0) is 43.4 Å². The molecule has 4 rings (SSSR count). The van der Waals surface area contributed by atoms with Gasteiger partial charge >= 0.3 is 5.97 Å². The lowest BCUT2D eigenvalue weighted by Gasteiger charge is -2.65. The van der Waals surface area contributed by atoms with E-state index >= 15 is 0 Å². The van der Waals surface area contributed by atoms with Crippen molar-refractivity contribution >= 4 is 17.5 Å². The van der Waals surface area contributed by atoms with E-state index in [1.54, 1.807) is 0 Å². The Labute approximate surface area is 160 Å². The van der Waals surface area contributed by atoms with Crippen LogP contribution in [0, 0.1) is 34.0 Å². The molecule has 5 nitrogen and oxygen atoms in total. The number of fused-ring (bicyclic) bond motifs is 3. The number of ketones is 2. The van der Waals surface area contributed by atoms with Crippen LogP contribution in [0.25, 0.3) is 0 Å². The number of aliphatic hydroxyl groups excluding tert-OH is 1. The number of hydrogen-bond donors (Lipinski definition) is 1. The van der Waals surface area contributed by atoms with Gasteiger partial charge in [-0.3, -0.25) is 14.4 Å². The second kappa shape index (κ2) is 5.53. The maximum absolute atomic E-state index is 13.3. The number of ether oxygens (including phenoxy) is 1. The van der Waals surface area contributed by atoms with Gasteiger partial charge in [0.2, 0.25) is 0 Å². The summed E-state index contributed by atoms with van der Waals surface area (Å²) in [5, 5.41) is 11.2. The van der Waals surface area contributed by atoms with Crippen LogP contribution >= 0.6 is 0 Å². The highest BCUT2D eigenvalue weighted by Gasteiger charge is 2.71. The molecule has 0 aromatic heterocycles. The standard InChI is InChI=1S/C22H30O5/c1-11-10-22-15(8-13(24)18(11)19(22)26)21(5)7-6-17(27-12(2)23)20(3,4)14(21)9-16(22)25/h10,14-18,25H,6-9H2,1-5H3. The van der Waals surface area contributed by atoms with Crippen molar-refractivity contribution in [2.24, 2.45) is 34.0 Å². The van der Waals surface area contributed by atoms with Crippen LogP contribution in [0.5, 0.6) is 0 Å². The fraction of sp³-hybridized carbons (Fsp3) is 0.773. The molecule has 0 saturated heterocycles. The Bertz CT molecular complexity index is 765. The summed E-state index contributed by atoms with van der Waals surface area (Å²) in [7, 11) is 0. The molecule has 3 fully saturated rings. The molecular weight excluding hydrogens is 344 g/mol. The molecule has 0 aromatic rings. The van der Waals surface area contributed by atoms with Gasteiger partial charge in [-0.2, -0.15) is 0 Å². The van der Waals surface area contributed by atoms with Crippen LogP contribution < -0.4 is 0 Å². The normalized spacial score (nSPS) is 47.8. The first-order chi connectivity index (χ1) is 12.5. The van der Waals surface area contributed by atoms with E-state index in [9.17, 15) is 19.5 Å². The number of hydrogen-bond acceptors (Lipinski definition) is 5. The summed E-state index contributed by atoms with van der Waals surface area (Å²) in [4.78, 5) is 37.7. The van der Waals surface area contributed by atoms with Crippen LogP contribution in [0.1, 0.15) is 60.3 Å². The Morgan fingerprint density at radius 1 is 1.22 bits per heavy atom. The van der Waals surface area contributed by atoms with Crippen molar-refractivity contribution in [3.05, 3.63) is 11.6 Å². The molecule has 0 aliphatic heterocycles. The first-order valence-corrected chi connectivity index (χ1v) is 10.1. The highest BCUT2D eigenvalue weighted by Crippen LogP contribution is 2.69. The van der Waals surface area contributed by atoms with Gasteiger partial charge in [0.1, 0.15) is 11.9 Å². The van der Waals surface area contributed by atoms with Crippen molar-refractivity contribution in [1.82, 2.24) is 0 Å². The lowest BCUT2D eigenvalue weighted by Crippen LogP contribution is -2.67. The van der Waals surface area contributed by atoms with E-state index < -0.39 is 17.4 Å². The Balaban J connectivity index is 1.80. The van der Waals surface area contributed by atoms with Crippen molar-refractivity contribution in [3.63, 3.8) is 0 Å². The number of carbonyl (C=O) groups excluding carboxylic acids is 3. The van der Waals surface area contributed by atoms with Crippen LogP contribution in [-0.4, -0.2) is 34.9 Å². The van der Waals surface area contributed by atoms with E-state index in [-0.39, 0.29) is 46.3 Å². The van der Waals surface area contributed by atoms with Crippen LogP contribution in [0.4, 0.5) is 0 Å². The summed E-state index contributed by atoms with van der Waals surface area (Å²) in [5.74, 6) is -1.15. The average molecular weight is 374 g/mol. The van der Waals surface area contributed by atoms with Gasteiger partial charge in [-0.1, -0.05) is 32.4 Å². The maximum Gasteiger partial charge on any atom is 0.302 e. The molecule has 2 bridgehead atoms. The van der Waals surface area contributed by atoms with Gasteiger partial charge in [0.15, 0.2) is 5.78 Å². The van der Waals surface area contributed by atoms with Gasteiger partial charge in [0.05, 0.1) is 17.4 Å². The first kappa shape index (κ1) is 18.9. The number of esters is 1. The second-order valence-corrected chi connectivity index (χ2v) is 10.1. The van der Waals surface area contributed by atoms with Crippen LogP contribution in [-0.2, 0) is 19.1 Å². The van der Waals surface area contributed by atoms with E-state index in [4.69, 9.17) is 4.74 Å². The van der Waals surface area contributed by atoms with E-state index in [1.165, 1.54) is 6.92 Å². The number of rotatable bonds is 1. The first-order valence-electron chi connectivity index (χ1n) is 10.1. The van der Waals surface area contributed by atoms with Crippen molar-refractivity contribution in [1.29, 1.82) is 0 Å². The number of allylic oxidation sites excluding steroid dienone is 1. The molecule has 1 spiro atoms. The highest BCUT2D eigenvalue weighted by atomic mass is 16.5. The quantitative estimate of drug-likeness (QED) is 0.434. The van der Waals surface area contributed by atoms with Crippen molar-refractivity contribution in [2.75, 3.05) is 0 Å². The zero-order valence-corrected chi connectivity index (χ0v) is 16.9. The van der Waals surface area contributed by atoms with Gasteiger partial charge in [0, 0.05) is 18.8 Å².